The smallest absolute Gasteiger partial charge is 0.176 e. The lowest BCUT2D eigenvalue weighted by molar-refractivity contribution is 0.101. The first kappa shape index (κ1) is 16.1. The van der Waals surface area contributed by atoms with Crippen molar-refractivity contribution in [2.24, 2.45) is 0 Å². The van der Waals surface area contributed by atoms with E-state index in [-0.39, 0.29) is 5.78 Å². The highest BCUT2D eigenvalue weighted by Gasteiger charge is 2.15. The van der Waals surface area contributed by atoms with Crippen LogP contribution in [0.5, 0.6) is 5.75 Å². The summed E-state index contributed by atoms with van der Waals surface area (Å²) < 4.78 is 5.77. The molecule has 1 rings (SSSR count). The predicted octanol–water partition coefficient (Wildman–Crippen LogP) is 4.42. The number of ketones is 1. The lowest BCUT2D eigenvalue weighted by Gasteiger charge is -2.14. The van der Waals surface area contributed by atoms with Crippen LogP contribution in [0.4, 0.5) is 0 Å². The first-order valence-corrected chi connectivity index (χ1v) is 8.10. The van der Waals surface area contributed by atoms with Gasteiger partial charge in [-0.3, -0.25) is 4.79 Å². The van der Waals surface area contributed by atoms with Crippen LogP contribution in [0.15, 0.2) is 12.1 Å². The minimum atomic E-state index is 0.177. The monoisotopic (exact) mass is 280 g/mol. The second kappa shape index (κ2) is 8.26. The van der Waals surface area contributed by atoms with Gasteiger partial charge in [0.05, 0.1) is 17.9 Å². The summed E-state index contributed by atoms with van der Waals surface area (Å²) in [6.45, 7) is 8.89. The maximum absolute atomic E-state index is 12.3. The van der Waals surface area contributed by atoms with Crippen molar-refractivity contribution in [3.63, 3.8) is 0 Å². The van der Waals surface area contributed by atoms with Gasteiger partial charge >= 0.3 is 0 Å². The van der Waals surface area contributed by atoms with Crippen LogP contribution in [-0.2, 0) is 0 Å². The fourth-order valence-corrected chi connectivity index (χ4v) is 2.72. The molecule has 0 aliphatic heterocycles. The van der Waals surface area contributed by atoms with Gasteiger partial charge in [0.2, 0.25) is 0 Å². The molecule has 0 N–H and O–H groups in total. The van der Waals surface area contributed by atoms with Crippen LogP contribution < -0.4 is 4.74 Å². The standard InChI is InChI=1S/C16H24O2S/c1-5-7-18-16-13(4)9-12(3)10-14(16)15(17)11-19-8-6-2/h9-10H,5-8,11H2,1-4H3. The van der Waals surface area contributed by atoms with E-state index in [0.29, 0.717) is 12.4 Å². The van der Waals surface area contributed by atoms with Gasteiger partial charge in [0.15, 0.2) is 5.78 Å². The Balaban J connectivity index is 2.92. The summed E-state index contributed by atoms with van der Waals surface area (Å²) in [5, 5.41) is 0. The van der Waals surface area contributed by atoms with E-state index >= 15 is 0 Å². The fraction of sp³-hybridized carbons (Fsp3) is 0.562. The van der Waals surface area contributed by atoms with Crippen LogP contribution in [0.25, 0.3) is 0 Å². The summed E-state index contributed by atoms with van der Waals surface area (Å²) in [6, 6.07) is 4.02. The highest BCUT2D eigenvalue weighted by molar-refractivity contribution is 7.99. The van der Waals surface area contributed by atoms with Crippen molar-refractivity contribution in [1.82, 2.24) is 0 Å². The summed E-state index contributed by atoms with van der Waals surface area (Å²) in [4.78, 5) is 12.3. The maximum atomic E-state index is 12.3. The molecule has 19 heavy (non-hydrogen) atoms. The van der Waals surface area contributed by atoms with E-state index in [4.69, 9.17) is 4.74 Å². The lowest BCUT2D eigenvalue weighted by atomic mass is 10.0. The highest BCUT2D eigenvalue weighted by atomic mass is 32.2. The summed E-state index contributed by atoms with van der Waals surface area (Å²) in [6.07, 6.45) is 2.05. The molecule has 0 amide bonds. The average molecular weight is 280 g/mol. The molecule has 0 aliphatic carbocycles. The summed E-state index contributed by atoms with van der Waals surface area (Å²) in [5.41, 5.74) is 2.91. The number of carbonyl (C=O) groups excluding carboxylic acids is 1. The van der Waals surface area contributed by atoms with Crippen LogP contribution in [0.1, 0.15) is 48.2 Å². The quantitative estimate of drug-likeness (QED) is 0.521. The van der Waals surface area contributed by atoms with Crippen LogP contribution in [0.3, 0.4) is 0 Å². The van der Waals surface area contributed by atoms with E-state index in [2.05, 4.69) is 19.9 Å². The van der Waals surface area contributed by atoms with Gasteiger partial charge in [-0.2, -0.15) is 11.8 Å². The molecular formula is C16H24O2S. The molecule has 0 heterocycles. The van der Waals surface area contributed by atoms with Gasteiger partial charge in [-0.25, -0.2) is 0 Å². The number of carbonyl (C=O) groups is 1. The summed E-state index contributed by atoms with van der Waals surface area (Å²) in [7, 11) is 0. The van der Waals surface area contributed by atoms with Gasteiger partial charge in [0, 0.05) is 0 Å². The van der Waals surface area contributed by atoms with Crippen molar-refractivity contribution >= 4 is 17.5 Å². The Bertz CT molecular complexity index is 427. The molecular weight excluding hydrogens is 256 g/mol. The molecule has 0 fully saturated rings. The van der Waals surface area contributed by atoms with E-state index in [1.165, 1.54) is 0 Å². The maximum Gasteiger partial charge on any atom is 0.176 e. The van der Waals surface area contributed by atoms with Gasteiger partial charge < -0.3 is 4.74 Å². The molecule has 0 bridgehead atoms. The van der Waals surface area contributed by atoms with E-state index in [0.717, 1.165) is 41.0 Å². The molecule has 2 nitrogen and oxygen atoms in total. The van der Waals surface area contributed by atoms with Crippen molar-refractivity contribution in [3.8, 4) is 5.75 Å². The predicted molar refractivity (Wildman–Crippen MR) is 83.6 cm³/mol. The first-order valence-electron chi connectivity index (χ1n) is 6.95. The number of aryl methyl sites for hydroxylation is 2. The number of hydrogen-bond donors (Lipinski definition) is 0. The Morgan fingerprint density at radius 3 is 2.58 bits per heavy atom. The highest BCUT2D eigenvalue weighted by Crippen LogP contribution is 2.27. The third kappa shape index (κ3) is 4.90. The molecule has 0 aliphatic rings. The normalized spacial score (nSPS) is 10.5. The molecule has 1 aromatic carbocycles. The van der Waals surface area contributed by atoms with Gasteiger partial charge in [-0.15, -0.1) is 0 Å². The zero-order chi connectivity index (χ0) is 14.3. The second-order valence-corrected chi connectivity index (χ2v) is 5.89. The lowest BCUT2D eigenvalue weighted by Crippen LogP contribution is -2.09. The zero-order valence-corrected chi connectivity index (χ0v) is 13.2. The third-order valence-electron chi connectivity index (χ3n) is 2.75. The molecule has 3 heteroatoms. The van der Waals surface area contributed by atoms with Crippen molar-refractivity contribution in [2.45, 2.75) is 40.5 Å². The fourth-order valence-electron chi connectivity index (χ4n) is 1.94. The minimum Gasteiger partial charge on any atom is -0.493 e. The number of benzene rings is 1. The Morgan fingerprint density at radius 1 is 1.21 bits per heavy atom. The molecule has 0 aromatic heterocycles. The molecule has 0 unspecified atom stereocenters. The van der Waals surface area contributed by atoms with E-state index in [1.807, 2.05) is 19.9 Å². The van der Waals surface area contributed by atoms with Gasteiger partial charge in [-0.05, 0) is 49.6 Å². The summed E-state index contributed by atoms with van der Waals surface area (Å²) in [5.74, 6) is 2.52. The Kier molecular flexibility index (Phi) is 7.00. The molecule has 0 saturated heterocycles. The van der Waals surface area contributed by atoms with E-state index in [1.54, 1.807) is 11.8 Å². The Morgan fingerprint density at radius 2 is 1.95 bits per heavy atom. The molecule has 106 valence electrons. The third-order valence-corrected chi connectivity index (χ3v) is 3.91. The van der Waals surface area contributed by atoms with Crippen LogP contribution in [-0.4, -0.2) is 23.9 Å². The first-order chi connectivity index (χ1) is 9.10. The molecule has 0 spiro atoms. The number of rotatable bonds is 8. The molecule has 1 aromatic rings. The average Bonchev–Trinajstić information content (AvgIpc) is 2.37. The van der Waals surface area contributed by atoms with Crippen molar-refractivity contribution < 1.29 is 9.53 Å². The SMILES string of the molecule is CCCOc1c(C)cc(C)cc1C(=O)CSCCC. The van der Waals surface area contributed by atoms with Crippen molar-refractivity contribution in [2.75, 3.05) is 18.1 Å². The minimum absolute atomic E-state index is 0.177. The van der Waals surface area contributed by atoms with Crippen LogP contribution in [0.2, 0.25) is 0 Å². The Labute approximate surface area is 120 Å². The topological polar surface area (TPSA) is 26.3 Å². The summed E-state index contributed by atoms with van der Waals surface area (Å²) >= 11 is 1.70. The van der Waals surface area contributed by atoms with Gasteiger partial charge in [0.25, 0.3) is 0 Å². The zero-order valence-electron chi connectivity index (χ0n) is 12.4. The number of ether oxygens (including phenoxy) is 1. The molecule has 0 radical (unpaired) electrons. The second-order valence-electron chi connectivity index (χ2n) is 4.78. The van der Waals surface area contributed by atoms with Crippen molar-refractivity contribution in [3.05, 3.63) is 28.8 Å². The largest absolute Gasteiger partial charge is 0.493 e. The Hall–Kier alpha value is -0.960. The van der Waals surface area contributed by atoms with Crippen molar-refractivity contribution in [1.29, 1.82) is 0 Å². The number of thioether (sulfide) groups is 1. The van der Waals surface area contributed by atoms with Gasteiger partial charge in [0.1, 0.15) is 5.75 Å². The van der Waals surface area contributed by atoms with E-state index < -0.39 is 0 Å². The molecule has 0 saturated carbocycles. The number of Topliss-reactive ketones (excluding diaryl/α,β-unsaturated/α-hetero) is 1. The van der Waals surface area contributed by atoms with Crippen LogP contribution >= 0.6 is 11.8 Å². The van der Waals surface area contributed by atoms with E-state index in [9.17, 15) is 4.79 Å². The van der Waals surface area contributed by atoms with Crippen LogP contribution in [0, 0.1) is 13.8 Å². The van der Waals surface area contributed by atoms with Gasteiger partial charge in [-0.1, -0.05) is 19.9 Å². The number of hydrogen-bond acceptors (Lipinski definition) is 3. The molecule has 0 atom stereocenters.